The number of ether oxygens (including phenoxy) is 1. The number of carbonyl (C=O) groups excluding carboxylic acids is 1. The molecule has 0 aliphatic carbocycles. The first-order valence-corrected chi connectivity index (χ1v) is 12.3. The Kier molecular flexibility index (Phi) is 5.86. The van der Waals surface area contributed by atoms with Crippen LogP contribution in [-0.2, 0) is 4.79 Å². The maximum Gasteiger partial charge on any atom is 0.350 e. The van der Waals surface area contributed by atoms with E-state index < -0.39 is 5.72 Å². The quantitative estimate of drug-likeness (QED) is 0.749. The third-order valence-corrected chi connectivity index (χ3v) is 7.39. The number of likely N-dealkylation sites (N-methyl/N-ethyl adjacent to an activating group) is 1. The monoisotopic (exact) mass is 459 g/mol. The van der Waals surface area contributed by atoms with Gasteiger partial charge in [-0.05, 0) is 63.9 Å². The first-order chi connectivity index (χ1) is 16.4. The summed E-state index contributed by atoms with van der Waals surface area (Å²) in [4.78, 5) is 19.9. The molecule has 0 aromatic heterocycles. The Hall–Kier alpha value is -3.24. The van der Waals surface area contributed by atoms with Crippen molar-refractivity contribution < 1.29 is 9.53 Å². The average molecular weight is 460 g/mol. The van der Waals surface area contributed by atoms with Crippen LogP contribution in [0.1, 0.15) is 31.2 Å². The van der Waals surface area contributed by atoms with E-state index in [4.69, 9.17) is 4.74 Å². The van der Waals surface area contributed by atoms with Crippen LogP contribution < -0.4 is 15.0 Å². The van der Waals surface area contributed by atoms with Gasteiger partial charge in [-0.15, -0.1) is 0 Å². The molecule has 5 rings (SSSR count). The molecule has 3 heterocycles. The predicted molar refractivity (Wildman–Crippen MR) is 134 cm³/mol. The van der Waals surface area contributed by atoms with Gasteiger partial charge in [-0.25, -0.2) is 0 Å². The van der Waals surface area contributed by atoms with Gasteiger partial charge in [-0.1, -0.05) is 30.3 Å². The molecule has 2 fully saturated rings. The number of rotatable bonds is 4. The summed E-state index contributed by atoms with van der Waals surface area (Å²) in [5.74, 6) is 0.319. The van der Waals surface area contributed by atoms with Crippen LogP contribution in [0.15, 0.2) is 36.4 Å². The maximum absolute atomic E-state index is 13.5. The number of anilines is 2. The van der Waals surface area contributed by atoms with Crippen LogP contribution >= 0.6 is 0 Å². The lowest BCUT2D eigenvalue weighted by molar-refractivity contribution is -0.142. The number of nitrogens with zero attached hydrogens (tertiary/aromatic N) is 4. The zero-order valence-corrected chi connectivity index (χ0v) is 20.3. The van der Waals surface area contributed by atoms with Crippen molar-refractivity contribution in [1.29, 1.82) is 5.26 Å². The van der Waals surface area contributed by atoms with Crippen molar-refractivity contribution in [2.24, 2.45) is 0 Å². The summed E-state index contributed by atoms with van der Waals surface area (Å²) in [6, 6.07) is 15.0. The van der Waals surface area contributed by atoms with E-state index in [1.807, 2.05) is 24.3 Å². The lowest BCUT2D eigenvalue weighted by Crippen LogP contribution is -2.55. The molecule has 2 aromatic carbocycles. The van der Waals surface area contributed by atoms with Crippen LogP contribution in [0.3, 0.4) is 0 Å². The second-order valence-electron chi connectivity index (χ2n) is 9.88. The lowest BCUT2D eigenvalue weighted by atomic mass is 9.96. The third kappa shape index (κ3) is 3.76. The summed E-state index contributed by atoms with van der Waals surface area (Å²) in [6.07, 6.45) is 4.09. The Bertz CT molecular complexity index is 1120. The molecule has 0 saturated carbocycles. The van der Waals surface area contributed by atoms with E-state index in [1.54, 1.807) is 4.90 Å². The number of amides is 1. The Labute approximate surface area is 201 Å². The predicted octanol–water partition coefficient (Wildman–Crippen LogP) is 3.84. The number of benzene rings is 2. The van der Waals surface area contributed by atoms with E-state index in [9.17, 15) is 10.1 Å². The molecule has 0 spiro atoms. The molecule has 1 N–H and O–H groups in total. The summed E-state index contributed by atoms with van der Waals surface area (Å²) < 4.78 is 6.40. The lowest BCUT2D eigenvalue weighted by Gasteiger charge is -2.32. The summed E-state index contributed by atoms with van der Waals surface area (Å²) >= 11 is 0. The second kappa shape index (κ2) is 8.84. The van der Waals surface area contributed by atoms with Gasteiger partial charge in [-0.2, -0.15) is 5.26 Å². The molecular weight excluding hydrogens is 426 g/mol. The van der Waals surface area contributed by atoms with Crippen LogP contribution in [0.2, 0.25) is 0 Å². The molecule has 2 aromatic rings. The van der Waals surface area contributed by atoms with Crippen LogP contribution in [0.25, 0.3) is 11.1 Å². The second-order valence-corrected chi connectivity index (χ2v) is 9.88. The number of fused-ring (bicyclic) bond motifs is 1. The van der Waals surface area contributed by atoms with E-state index in [0.717, 1.165) is 61.2 Å². The maximum atomic E-state index is 13.5. The number of piperidine rings is 1. The van der Waals surface area contributed by atoms with Crippen molar-refractivity contribution >= 4 is 17.3 Å². The largest absolute Gasteiger partial charge is 0.443 e. The number of hydrogen-bond donors (Lipinski definition) is 1. The summed E-state index contributed by atoms with van der Waals surface area (Å²) in [5.41, 5.74) is 3.25. The standard InChI is InChI=1S/C27H33N5O2/c1-19-16-22-25(34-27(18-28,29-22)26(33)31-13-8-5-9-14-31)24(23(19)20-10-6-4-7-11-20)32-15-12-21(17-32)30(2)3/h4,6-7,10-11,16,21,29H,5,8-9,12-15,17H2,1-3H3/t21-,27?/m0/s1. The molecular formula is C27H33N5O2. The average Bonchev–Trinajstić information content (AvgIpc) is 3.50. The number of carbonyl (C=O) groups is 1. The highest BCUT2D eigenvalue weighted by Crippen LogP contribution is 2.51. The molecule has 2 atom stereocenters. The van der Waals surface area contributed by atoms with Gasteiger partial charge in [0.1, 0.15) is 6.07 Å². The van der Waals surface area contributed by atoms with Crippen molar-refractivity contribution in [2.75, 3.05) is 50.5 Å². The first kappa shape index (κ1) is 22.5. The van der Waals surface area contributed by atoms with Crippen LogP contribution in [-0.4, -0.2) is 67.7 Å². The van der Waals surface area contributed by atoms with E-state index >= 15 is 0 Å². The number of aryl methyl sites for hydroxylation is 1. The highest BCUT2D eigenvalue weighted by atomic mass is 16.5. The van der Waals surface area contributed by atoms with Crippen molar-refractivity contribution in [3.8, 4) is 22.9 Å². The molecule has 3 aliphatic heterocycles. The van der Waals surface area contributed by atoms with Gasteiger partial charge in [0.2, 0.25) is 0 Å². The first-order valence-electron chi connectivity index (χ1n) is 12.3. The molecule has 34 heavy (non-hydrogen) atoms. The minimum Gasteiger partial charge on any atom is -0.443 e. The molecule has 178 valence electrons. The zero-order valence-electron chi connectivity index (χ0n) is 20.3. The molecule has 0 bridgehead atoms. The Balaban J connectivity index is 1.60. The van der Waals surface area contributed by atoms with Gasteiger partial charge in [0.15, 0.2) is 5.75 Å². The van der Waals surface area contributed by atoms with Crippen molar-refractivity contribution in [2.45, 2.75) is 44.4 Å². The molecule has 0 radical (unpaired) electrons. The fraction of sp³-hybridized carbons (Fsp3) is 0.481. The Morgan fingerprint density at radius 3 is 2.56 bits per heavy atom. The van der Waals surface area contributed by atoms with Crippen molar-refractivity contribution in [3.63, 3.8) is 0 Å². The smallest absolute Gasteiger partial charge is 0.350 e. The highest BCUT2D eigenvalue weighted by molar-refractivity contribution is 5.98. The van der Waals surface area contributed by atoms with Gasteiger partial charge in [0, 0.05) is 37.8 Å². The van der Waals surface area contributed by atoms with E-state index in [-0.39, 0.29) is 5.91 Å². The van der Waals surface area contributed by atoms with Crippen LogP contribution in [0.5, 0.6) is 5.75 Å². The van der Waals surface area contributed by atoms with E-state index in [0.29, 0.717) is 30.6 Å². The van der Waals surface area contributed by atoms with Gasteiger partial charge < -0.3 is 24.8 Å². The van der Waals surface area contributed by atoms with Gasteiger partial charge in [0.05, 0.1) is 11.4 Å². The topological polar surface area (TPSA) is 71.8 Å². The molecule has 1 amide bonds. The fourth-order valence-electron chi connectivity index (χ4n) is 5.50. The molecule has 1 unspecified atom stereocenters. The Morgan fingerprint density at radius 2 is 1.91 bits per heavy atom. The number of nitriles is 1. The molecule has 2 saturated heterocycles. The summed E-state index contributed by atoms with van der Waals surface area (Å²) in [7, 11) is 4.23. The third-order valence-electron chi connectivity index (χ3n) is 7.39. The minimum absolute atomic E-state index is 0.289. The fourth-order valence-corrected chi connectivity index (χ4v) is 5.50. The highest BCUT2D eigenvalue weighted by Gasteiger charge is 2.51. The van der Waals surface area contributed by atoms with Crippen LogP contribution in [0, 0.1) is 18.3 Å². The zero-order chi connectivity index (χ0) is 23.9. The van der Waals surface area contributed by atoms with Crippen molar-refractivity contribution in [3.05, 3.63) is 42.0 Å². The van der Waals surface area contributed by atoms with Crippen molar-refractivity contribution in [1.82, 2.24) is 9.80 Å². The summed E-state index contributed by atoms with van der Waals surface area (Å²) in [6.45, 7) is 5.18. The number of nitrogens with one attached hydrogen (secondary N) is 1. The van der Waals surface area contributed by atoms with Gasteiger partial charge in [-0.3, -0.25) is 4.79 Å². The van der Waals surface area contributed by atoms with Gasteiger partial charge >= 0.3 is 11.6 Å². The molecule has 7 heteroatoms. The molecule has 3 aliphatic rings. The van der Waals surface area contributed by atoms with E-state index in [2.05, 4.69) is 54.3 Å². The van der Waals surface area contributed by atoms with Gasteiger partial charge in [0.25, 0.3) is 0 Å². The van der Waals surface area contributed by atoms with E-state index in [1.165, 1.54) is 0 Å². The molecule has 7 nitrogen and oxygen atoms in total. The number of likely N-dealkylation sites (tertiary alicyclic amines) is 1. The SMILES string of the molecule is Cc1cc2c(c(N3CC[C@H](N(C)C)C3)c1-c1ccccc1)OC(C#N)(C(=O)N1CCCCC1)N2. The summed E-state index contributed by atoms with van der Waals surface area (Å²) in [5, 5.41) is 13.4. The minimum atomic E-state index is -1.73. The number of hydrogen-bond acceptors (Lipinski definition) is 6. The van der Waals surface area contributed by atoms with Crippen LogP contribution in [0.4, 0.5) is 11.4 Å². The normalized spacial score (nSPS) is 23.9. The Morgan fingerprint density at radius 1 is 1.18 bits per heavy atom.